The standard InChI is InChI=1S/C13H17NO/c1-2-6-12-11(4-1)5-3-7-13(12)10-15-9-8-14-13/h1-2,4,6,14H,3,5,7-10H2/t13-/m0/s1. The zero-order chi connectivity index (χ0) is 10.1. The minimum Gasteiger partial charge on any atom is -0.378 e. The molecule has 80 valence electrons. The van der Waals surface area contributed by atoms with E-state index in [1.165, 1.54) is 30.4 Å². The third-order valence-electron chi connectivity index (χ3n) is 3.64. The first-order valence-electron chi connectivity index (χ1n) is 5.82. The van der Waals surface area contributed by atoms with E-state index in [0.717, 1.165) is 19.8 Å². The van der Waals surface area contributed by atoms with Crippen LogP contribution in [0.1, 0.15) is 24.0 Å². The van der Waals surface area contributed by atoms with Crippen LogP contribution >= 0.6 is 0 Å². The molecule has 1 spiro atoms. The fraction of sp³-hybridized carbons (Fsp3) is 0.538. The maximum absolute atomic E-state index is 5.66. The van der Waals surface area contributed by atoms with Crippen molar-refractivity contribution in [3.05, 3.63) is 35.4 Å². The second-order valence-corrected chi connectivity index (χ2v) is 4.57. The van der Waals surface area contributed by atoms with Crippen LogP contribution in [0.2, 0.25) is 0 Å². The third-order valence-corrected chi connectivity index (χ3v) is 3.64. The van der Waals surface area contributed by atoms with Crippen LogP contribution in [0.3, 0.4) is 0 Å². The van der Waals surface area contributed by atoms with Crippen molar-refractivity contribution in [2.75, 3.05) is 19.8 Å². The Kier molecular flexibility index (Phi) is 2.26. The van der Waals surface area contributed by atoms with Gasteiger partial charge in [0.2, 0.25) is 0 Å². The van der Waals surface area contributed by atoms with Gasteiger partial charge in [-0.15, -0.1) is 0 Å². The summed E-state index contributed by atoms with van der Waals surface area (Å²) in [5.41, 5.74) is 3.09. The molecule has 1 fully saturated rings. The van der Waals surface area contributed by atoms with E-state index in [2.05, 4.69) is 29.6 Å². The summed E-state index contributed by atoms with van der Waals surface area (Å²) in [5.74, 6) is 0. The Bertz CT molecular complexity index is 355. The SMILES string of the molecule is c1ccc2c(c1)CCC[C@]21COCCN1. The van der Waals surface area contributed by atoms with E-state index in [0.29, 0.717) is 0 Å². The Labute approximate surface area is 90.6 Å². The van der Waals surface area contributed by atoms with Gasteiger partial charge in [0.25, 0.3) is 0 Å². The van der Waals surface area contributed by atoms with Crippen LogP contribution in [-0.4, -0.2) is 19.8 Å². The lowest BCUT2D eigenvalue weighted by molar-refractivity contribution is 0.0169. The Morgan fingerprint density at radius 3 is 3.07 bits per heavy atom. The monoisotopic (exact) mass is 203 g/mol. The molecule has 15 heavy (non-hydrogen) atoms. The molecule has 1 heterocycles. The van der Waals surface area contributed by atoms with Gasteiger partial charge in [-0.3, -0.25) is 0 Å². The Morgan fingerprint density at radius 1 is 1.27 bits per heavy atom. The first-order chi connectivity index (χ1) is 7.41. The highest BCUT2D eigenvalue weighted by molar-refractivity contribution is 5.36. The van der Waals surface area contributed by atoms with E-state index >= 15 is 0 Å². The third kappa shape index (κ3) is 1.48. The molecule has 0 amide bonds. The van der Waals surface area contributed by atoms with Gasteiger partial charge < -0.3 is 10.1 Å². The normalized spacial score (nSPS) is 30.1. The maximum atomic E-state index is 5.66. The summed E-state index contributed by atoms with van der Waals surface area (Å²) < 4.78 is 5.66. The highest BCUT2D eigenvalue weighted by atomic mass is 16.5. The molecule has 1 aliphatic carbocycles. The fourth-order valence-electron chi connectivity index (χ4n) is 2.91. The van der Waals surface area contributed by atoms with Gasteiger partial charge in [-0.25, -0.2) is 0 Å². The smallest absolute Gasteiger partial charge is 0.0691 e. The van der Waals surface area contributed by atoms with Crippen molar-refractivity contribution in [3.63, 3.8) is 0 Å². The average molecular weight is 203 g/mol. The van der Waals surface area contributed by atoms with Gasteiger partial charge in [-0.05, 0) is 30.4 Å². The first-order valence-corrected chi connectivity index (χ1v) is 5.82. The molecular formula is C13H17NO. The van der Waals surface area contributed by atoms with Crippen molar-refractivity contribution in [1.82, 2.24) is 5.32 Å². The van der Waals surface area contributed by atoms with Crippen LogP contribution in [-0.2, 0) is 16.7 Å². The quantitative estimate of drug-likeness (QED) is 0.694. The van der Waals surface area contributed by atoms with Gasteiger partial charge in [-0.2, -0.15) is 0 Å². The number of hydrogen-bond acceptors (Lipinski definition) is 2. The maximum Gasteiger partial charge on any atom is 0.0691 e. The van der Waals surface area contributed by atoms with Crippen LogP contribution in [0.25, 0.3) is 0 Å². The van der Waals surface area contributed by atoms with Crippen molar-refractivity contribution in [1.29, 1.82) is 0 Å². The topological polar surface area (TPSA) is 21.3 Å². The lowest BCUT2D eigenvalue weighted by Crippen LogP contribution is -2.53. The summed E-state index contributed by atoms with van der Waals surface area (Å²) >= 11 is 0. The molecular weight excluding hydrogens is 186 g/mol. The number of morpholine rings is 1. The predicted octanol–water partition coefficient (Wildman–Crippen LogP) is 1.84. The number of aryl methyl sites for hydroxylation is 1. The number of hydrogen-bond donors (Lipinski definition) is 1. The fourth-order valence-corrected chi connectivity index (χ4v) is 2.91. The summed E-state index contributed by atoms with van der Waals surface area (Å²) in [5, 5.41) is 3.67. The molecule has 0 saturated carbocycles. The zero-order valence-corrected chi connectivity index (χ0v) is 8.96. The van der Waals surface area contributed by atoms with Crippen LogP contribution in [0, 0.1) is 0 Å². The van der Waals surface area contributed by atoms with Crippen LogP contribution in [0.15, 0.2) is 24.3 Å². The summed E-state index contributed by atoms with van der Waals surface area (Å²) in [6, 6.07) is 8.80. The summed E-state index contributed by atoms with van der Waals surface area (Å²) in [6.07, 6.45) is 3.71. The molecule has 2 aliphatic rings. The second kappa shape index (κ2) is 3.62. The predicted molar refractivity (Wildman–Crippen MR) is 59.9 cm³/mol. The summed E-state index contributed by atoms with van der Waals surface area (Å²) in [6.45, 7) is 2.67. The van der Waals surface area contributed by atoms with Gasteiger partial charge in [0.15, 0.2) is 0 Å². The number of fused-ring (bicyclic) bond motifs is 2. The second-order valence-electron chi connectivity index (χ2n) is 4.57. The van der Waals surface area contributed by atoms with E-state index < -0.39 is 0 Å². The van der Waals surface area contributed by atoms with Crippen molar-refractivity contribution < 1.29 is 4.74 Å². The largest absolute Gasteiger partial charge is 0.378 e. The van der Waals surface area contributed by atoms with Gasteiger partial charge in [0.05, 0.1) is 18.8 Å². The van der Waals surface area contributed by atoms with Gasteiger partial charge in [-0.1, -0.05) is 24.3 Å². The van der Waals surface area contributed by atoms with E-state index in [9.17, 15) is 0 Å². The molecule has 1 aliphatic heterocycles. The number of benzene rings is 1. The minimum absolute atomic E-state index is 0.118. The van der Waals surface area contributed by atoms with E-state index in [1.54, 1.807) is 0 Å². The lowest BCUT2D eigenvalue weighted by Gasteiger charge is -2.42. The minimum atomic E-state index is 0.118. The molecule has 0 radical (unpaired) electrons. The van der Waals surface area contributed by atoms with Crippen LogP contribution < -0.4 is 5.32 Å². The Balaban J connectivity index is 2.04. The molecule has 2 heteroatoms. The first kappa shape index (κ1) is 9.37. The van der Waals surface area contributed by atoms with Crippen molar-refractivity contribution in [2.24, 2.45) is 0 Å². The zero-order valence-electron chi connectivity index (χ0n) is 8.96. The van der Waals surface area contributed by atoms with E-state index in [-0.39, 0.29) is 5.54 Å². The highest BCUT2D eigenvalue weighted by Crippen LogP contribution is 2.36. The molecule has 1 saturated heterocycles. The molecule has 3 rings (SSSR count). The van der Waals surface area contributed by atoms with Crippen LogP contribution in [0.4, 0.5) is 0 Å². The highest BCUT2D eigenvalue weighted by Gasteiger charge is 2.37. The van der Waals surface area contributed by atoms with Gasteiger partial charge in [0, 0.05) is 6.54 Å². The van der Waals surface area contributed by atoms with Gasteiger partial charge >= 0.3 is 0 Å². The molecule has 1 aromatic rings. The average Bonchev–Trinajstić information content (AvgIpc) is 2.31. The summed E-state index contributed by atoms with van der Waals surface area (Å²) in [4.78, 5) is 0. The molecule has 1 atom stereocenters. The summed E-state index contributed by atoms with van der Waals surface area (Å²) in [7, 11) is 0. The molecule has 0 unspecified atom stereocenters. The molecule has 0 aromatic heterocycles. The van der Waals surface area contributed by atoms with Crippen molar-refractivity contribution >= 4 is 0 Å². The molecule has 1 N–H and O–H groups in total. The van der Waals surface area contributed by atoms with Crippen LogP contribution in [0.5, 0.6) is 0 Å². The molecule has 2 nitrogen and oxygen atoms in total. The Hall–Kier alpha value is -0.860. The van der Waals surface area contributed by atoms with E-state index in [4.69, 9.17) is 4.74 Å². The number of nitrogens with one attached hydrogen (secondary N) is 1. The van der Waals surface area contributed by atoms with Gasteiger partial charge in [0.1, 0.15) is 0 Å². The molecule has 0 bridgehead atoms. The Morgan fingerprint density at radius 2 is 2.20 bits per heavy atom. The van der Waals surface area contributed by atoms with Crippen molar-refractivity contribution in [2.45, 2.75) is 24.8 Å². The lowest BCUT2D eigenvalue weighted by atomic mass is 9.76. The van der Waals surface area contributed by atoms with Crippen molar-refractivity contribution in [3.8, 4) is 0 Å². The number of ether oxygens (including phenoxy) is 1. The number of rotatable bonds is 0. The molecule has 1 aromatic carbocycles. The van der Waals surface area contributed by atoms with E-state index in [1.807, 2.05) is 0 Å².